The van der Waals surface area contributed by atoms with Gasteiger partial charge in [0.15, 0.2) is 0 Å². The fraction of sp³-hybridized carbons (Fsp3) is 0.0455. The van der Waals surface area contributed by atoms with E-state index >= 15 is 0 Å². The van der Waals surface area contributed by atoms with Crippen LogP contribution >= 0.6 is 11.3 Å². The normalized spacial score (nSPS) is 10.9. The van der Waals surface area contributed by atoms with Gasteiger partial charge in [0.1, 0.15) is 17.6 Å². The minimum atomic E-state index is 0.341. The van der Waals surface area contributed by atoms with Gasteiger partial charge in [-0.1, -0.05) is 6.07 Å². The Labute approximate surface area is 170 Å². The number of nitriles is 1. The Morgan fingerprint density at radius 3 is 2.69 bits per heavy atom. The van der Waals surface area contributed by atoms with Gasteiger partial charge in [0, 0.05) is 34.8 Å². The lowest BCUT2D eigenvalue weighted by molar-refractivity contribution is 1.25. The Morgan fingerprint density at radius 2 is 1.79 bits per heavy atom. The van der Waals surface area contributed by atoms with Gasteiger partial charge in [-0.3, -0.25) is 0 Å². The van der Waals surface area contributed by atoms with E-state index in [9.17, 15) is 5.26 Å². The molecule has 3 aromatic heterocycles. The van der Waals surface area contributed by atoms with Crippen LogP contribution in [-0.4, -0.2) is 15.0 Å². The van der Waals surface area contributed by atoms with Crippen LogP contribution in [-0.2, 0) is 0 Å². The number of aromatic amines is 1. The third-order valence-electron chi connectivity index (χ3n) is 4.55. The lowest BCUT2D eigenvalue weighted by Gasteiger charge is -2.11. The molecule has 0 unspecified atom stereocenters. The molecule has 6 nitrogen and oxygen atoms in total. The number of fused-ring (bicyclic) bond motifs is 2. The van der Waals surface area contributed by atoms with Crippen molar-refractivity contribution in [3.8, 4) is 6.07 Å². The second-order valence-electron chi connectivity index (χ2n) is 6.68. The highest BCUT2D eigenvalue weighted by Gasteiger charge is 2.07. The first-order valence-corrected chi connectivity index (χ1v) is 9.88. The minimum absolute atomic E-state index is 0.341. The summed E-state index contributed by atoms with van der Waals surface area (Å²) in [6.45, 7) is 2.00. The molecular formula is C22H16N6S. The molecule has 0 saturated carbocycles. The Hall–Kier alpha value is -3.89. The first-order valence-electron chi connectivity index (χ1n) is 9.07. The lowest BCUT2D eigenvalue weighted by Crippen LogP contribution is -1.98. The van der Waals surface area contributed by atoms with Crippen molar-refractivity contribution in [3.05, 3.63) is 71.5 Å². The molecule has 0 amide bonds. The summed E-state index contributed by atoms with van der Waals surface area (Å²) in [5, 5.41) is 18.2. The van der Waals surface area contributed by atoms with Gasteiger partial charge in [-0.05, 0) is 54.8 Å². The van der Waals surface area contributed by atoms with Crippen molar-refractivity contribution in [3.63, 3.8) is 0 Å². The molecule has 2 aromatic carbocycles. The summed E-state index contributed by atoms with van der Waals surface area (Å²) >= 11 is 1.66. The summed E-state index contributed by atoms with van der Waals surface area (Å²) in [7, 11) is 0. The Kier molecular flexibility index (Phi) is 4.12. The molecule has 0 aliphatic carbocycles. The molecule has 0 atom stereocenters. The number of aromatic nitrogens is 3. The predicted octanol–water partition coefficient (Wildman–Crippen LogP) is 5.84. The van der Waals surface area contributed by atoms with Crippen LogP contribution in [0, 0.1) is 18.3 Å². The maximum atomic E-state index is 9.40. The first-order chi connectivity index (χ1) is 14.2. The van der Waals surface area contributed by atoms with Gasteiger partial charge in [0.05, 0.1) is 15.2 Å². The van der Waals surface area contributed by atoms with Gasteiger partial charge in [-0.25, -0.2) is 9.97 Å². The number of nitrogens with zero attached hydrogens (tertiary/aromatic N) is 3. The van der Waals surface area contributed by atoms with Gasteiger partial charge in [0.2, 0.25) is 0 Å². The summed E-state index contributed by atoms with van der Waals surface area (Å²) < 4.78 is 1.12. The Balaban J connectivity index is 1.45. The van der Waals surface area contributed by atoms with E-state index in [1.54, 1.807) is 17.4 Å². The van der Waals surface area contributed by atoms with E-state index in [0.717, 1.165) is 43.2 Å². The van der Waals surface area contributed by atoms with Crippen LogP contribution in [0.1, 0.15) is 10.7 Å². The average molecular weight is 396 g/mol. The number of benzene rings is 2. The monoisotopic (exact) mass is 396 g/mol. The van der Waals surface area contributed by atoms with E-state index in [-0.39, 0.29) is 0 Å². The SMILES string of the molecule is Cc1nc2ccc(Nc3cc(C#N)nc(Nc4ccc5cc[nH]c5c4)c3)cc2s1. The van der Waals surface area contributed by atoms with E-state index in [1.165, 1.54) is 0 Å². The molecule has 5 aromatic rings. The molecule has 5 rings (SSSR count). The molecule has 0 saturated heterocycles. The van der Waals surface area contributed by atoms with Crippen LogP contribution in [0.3, 0.4) is 0 Å². The topological polar surface area (TPSA) is 89.4 Å². The van der Waals surface area contributed by atoms with Crippen LogP contribution in [0.5, 0.6) is 0 Å². The maximum Gasteiger partial charge on any atom is 0.144 e. The highest BCUT2D eigenvalue weighted by Crippen LogP contribution is 2.28. The van der Waals surface area contributed by atoms with Gasteiger partial charge in [-0.15, -0.1) is 11.3 Å². The second-order valence-corrected chi connectivity index (χ2v) is 7.92. The number of pyridine rings is 1. The molecule has 3 heterocycles. The van der Waals surface area contributed by atoms with E-state index in [0.29, 0.717) is 11.5 Å². The average Bonchev–Trinajstić information content (AvgIpc) is 3.32. The highest BCUT2D eigenvalue weighted by atomic mass is 32.1. The van der Waals surface area contributed by atoms with Crippen LogP contribution in [0.15, 0.2) is 60.8 Å². The molecule has 7 heteroatoms. The quantitative estimate of drug-likeness (QED) is 0.355. The van der Waals surface area contributed by atoms with Crippen molar-refractivity contribution >= 4 is 55.3 Å². The van der Waals surface area contributed by atoms with Crippen LogP contribution in [0.2, 0.25) is 0 Å². The number of thiazole rings is 1. The number of aryl methyl sites for hydroxylation is 1. The molecule has 29 heavy (non-hydrogen) atoms. The summed E-state index contributed by atoms with van der Waals surface area (Å²) in [6.07, 6.45) is 1.91. The fourth-order valence-corrected chi connectivity index (χ4v) is 4.15. The number of hydrogen-bond donors (Lipinski definition) is 3. The van der Waals surface area contributed by atoms with Gasteiger partial charge in [-0.2, -0.15) is 5.26 Å². The van der Waals surface area contributed by atoms with Crippen molar-refractivity contribution < 1.29 is 0 Å². The number of H-pyrrole nitrogens is 1. The smallest absolute Gasteiger partial charge is 0.144 e. The van der Waals surface area contributed by atoms with Crippen molar-refractivity contribution in [2.75, 3.05) is 10.6 Å². The molecule has 3 N–H and O–H groups in total. The summed E-state index contributed by atoms with van der Waals surface area (Å²) in [4.78, 5) is 12.1. The van der Waals surface area contributed by atoms with Gasteiger partial charge >= 0.3 is 0 Å². The second kappa shape index (κ2) is 6.93. The molecule has 140 valence electrons. The van der Waals surface area contributed by atoms with E-state index in [4.69, 9.17) is 0 Å². The molecular weight excluding hydrogens is 380 g/mol. The Morgan fingerprint density at radius 1 is 0.931 bits per heavy atom. The third kappa shape index (κ3) is 3.49. The van der Waals surface area contributed by atoms with E-state index in [2.05, 4.69) is 37.7 Å². The lowest BCUT2D eigenvalue weighted by atomic mass is 10.2. The van der Waals surface area contributed by atoms with Crippen LogP contribution in [0.25, 0.3) is 21.1 Å². The zero-order chi connectivity index (χ0) is 19.8. The van der Waals surface area contributed by atoms with Crippen LogP contribution < -0.4 is 10.6 Å². The number of nitrogens with one attached hydrogen (secondary N) is 3. The van der Waals surface area contributed by atoms with Crippen molar-refractivity contribution in [2.45, 2.75) is 6.92 Å². The fourth-order valence-electron chi connectivity index (χ4n) is 3.28. The Bertz CT molecular complexity index is 1390. The number of anilines is 4. The van der Waals surface area contributed by atoms with E-state index in [1.807, 2.05) is 55.6 Å². The zero-order valence-electron chi connectivity index (χ0n) is 15.5. The molecule has 0 aliphatic heterocycles. The summed E-state index contributed by atoms with van der Waals surface area (Å²) in [6, 6.07) is 19.9. The van der Waals surface area contributed by atoms with Gasteiger partial charge in [0.25, 0.3) is 0 Å². The summed E-state index contributed by atoms with van der Waals surface area (Å²) in [5.74, 6) is 0.604. The first kappa shape index (κ1) is 17.2. The minimum Gasteiger partial charge on any atom is -0.361 e. The zero-order valence-corrected chi connectivity index (χ0v) is 16.3. The highest BCUT2D eigenvalue weighted by molar-refractivity contribution is 7.18. The number of hydrogen-bond acceptors (Lipinski definition) is 6. The van der Waals surface area contributed by atoms with Crippen molar-refractivity contribution in [1.29, 1.82) is 5.26 Å². The van der Waals surface area contributed by atoms with Crippen LogP contribution in [0.4, 0.5) is 22.9 Å². The molecule has 0 radical (unpaired) electrons. The molecule has 0 spiro atoms. The molecule has 0 aliphatic rings. The largest absolute Gasteiger partial charge is 0.361 e. The predicted molar refractivity (Wildman–Crippen MR) is 118 cm³/mol. The van der Waals surface area contributed by atoms with E-state index < -0.39 is 0 Å². The molecule has 0 bridgehead atoms. The molecule has 0 fully saturated rings. The third-order valence-corrected chi connectivity index (χ3v) is 5.48. The van der Waals surface area contributed by atoms with Crippen molar-refractivity contribution in [2.24, 2.45) is 0 Å². The standard InChI is InChI=1S/C22H16N6S/c1-13-25-19-5-4-16(10-21(19)29-13)26-17-8-18(12-23)28-22(11-17)27-15-3-2-14-6-7-24-20(14)9-15/h2-11,24H,1H3,(H2,26,27,28). The van der Waals surface area contributed by atoms with Crippen molar-refractivity contribution in [1.82, 2.24) is 15.0 Å². The van der Waals surface area contributed by atoms with Gasteiger partial charge < -0.3 is 15.6 Å². The number of rotatable bonds is 4. The maximum absolute atomic E-state index is 9.40. The summed E-state index contributed by atoms with van der Waals surface area (Å²) in [5.41, 5.74) is 5.00.